The topological polar surface area (TPSA) is 63.4 Å². The molecule has 0 atom stereocenters. The lowest BCUT2D eigenvalue weighted by Gasteiger charge is -2.19. The summed E-state index contributed by atoms with van der Waals surface area (Å²) in [6.45, 7) is 1.77. The van der Waals surface area contributed by atoms with E-state index in [9.17, 15) is 14.9 Å². The summed E-state index contributed by atoms with van der Waals surface area (Å²) in [5.41, 5.74) is 1.11. The number of rotatable bonds is 5. The molecule has 1 amide bonds. The SMILES string of the molecule is O=C(CSCc1ccc([N+](=O)[O-])cc1)N1CCCCCC1. The first-order valence-corrected chi connectivity index (χ1v) is 8.41. The molecule has 1 heterocycles. The Balaban J connectivity index is 1.75. The van der Waals surface area contributed by atoms with Crippen molar-refractivity contribution in [3.05, 3.63) is 39.9 Å². The molecular formula is C15H20N2O3S. The molecule has 21 heavy (non-hydrogen) atoms. The molecule has 0 aliphatic carbocycles. The molecule has 114 valence electrons. The van der Waals surface area contributed by atoms with E-state index in [1.807, 2.05) is 4.90 Å². The number of carbonyl (C=O) groups excluding carboxylic acids is 1. The summed E-state index contributed by atoms with van der Waals surface area (Å²) in [4.78, 5) is 24.2. The zero-order valence-electron chi connectivity index (χ0n) is 12.0. The highest BCUT2D eigenvalue weighted by Crippen LogP contribution is 2.18. The highest BCUT2D eigenvalue weighted by Gasteiger charge is 2.15. The lowest BCUT2D eigenvalue weighted by molar-refractivity contribution is -0.384. The Morgan fingerprint density at radius 2 is 1.76 bits per heavy atom. The number of hydrogen-bond donors (Lipinski definition) is 0. The van der Waals surface area contributed by atoms with Gasteiger partial charge < -0.3 is 4.90 Å². The average molecular weight is 308 g/mol. The van der Waals surface area contributed by atoms with Crippen molar-refractivity contribution in [1.29, 1.82) is 0 Å². The van der Waals surface area contributed by atoms with Crippen molar-refractivity contribution in [1.82, 2.24) is 4.90 Å². The van der Waals surface area contributed by atoms with Crippen molar-refractivity contribution in [2.75, 3.05) is 18.8 Å². The molecule has 1 fully saturated rings. The van der Waals surface area contributed by atoms with Gasteiger partial charge in [-0.15, -0.1) is 11.8 Å². The summed E-state index contributed by atoms with van der Waals surface area (Å²) in [6, 6.07) is 6.52. The van der Waals surface area contributed by atoms with Crippen LogP contribution in [0.15, 0.2) is 24.3 Å². The minimum absolute atomic E-state index is 0.101. The molecule has 0 bridgehead atoms. The third kappa shape index (κ3) is 5.04. The molecule has 0 aromatic heterocycles. The molecule has 2 rings (SSSR count). The van der Waals surface area contributed by atoms with E-state index in [-0.39, 0.29) is 11.6 Å². The summed E-state index contributed by atoms with van der Waals surface area (Å²) in [7, 11) is 0. The number of carbonyl (C=O) groups is 1. The second-order valence-electron chi connectivity index (χ2n) is 5.21. The fourth-order valence-corrected chi connectivity index (χ4v) is 3.27. The first-order chi connectivity index (χ1) is 10.2. The Kier molecular flexibility index (Phi) is 6.04. The van der Waals surface area contributed by atoms with Gasteiger partial charge >= 0.3 is 0 Å². The van der Waals surface area contributed by atoms with E-state index in [4.69, 9.17) is 0 Å². The standard InChI is InChI=1S/C15H20N2O3S/c18-15(16-9-3-1-2-4-10-16)12-21-11-13-5-7-14(8-6-13)17(19)20/h5-8H,1-4,9-12H2. The predicted octanol–water partition coefficient (Wildman–Crippen LogP) is 3.23. The summed E-state index contributed by atoms with van der Waals surface area (Å²) in [6.07, 6.45) is 4.66. The highest BCUT2D eigenvalue weighted by molar-refractivity contribution is 7.99. The minimum atomic E-state index is -0.403. The summed E-state index contributed by atoms with van der Waals surface area (Å²) < 4.78 is 0. The van der Waals surface area contributed by atoms with Gasteiger partial charge in [-0.25, -0.2) is 0 Å². The van der Waals surface area contributed by atoms with Crippen LogP contribution in [0.2, 0.25) is 0 Å². The number of nitro groups is 1. The second-order valence-corrected chi connectivity index (χ2v) is 6.20. The van der Waals surface area contributed by atoms with Gasteiger partial charge in [0, 0.05) is 31.0 Å². The van der Waals surface area contributed by atoms with E-state index in [1.165, 1.54) is 25.0 Å². The summed E-state index contributed by atoms with van der Waals surface area (Å²) >= 11 is 1.57. The molecular weight excluding hydrogens is 288 g/mol. The number of thioether (sulfide) groups is 1. The number of nitrogens with zero attached hydrogens (tertiary/aromatic N) is 2. The lowest BCUT2D eigenvalue weighted by Crippen LogP contribution is -2.33. The Morgan fingerprint density at radius 1 is 1.14 bits per heavy atom. The van der Waals surface area contributed by atoms with E-state index in [1.54, 1.807) is 23.9 Å². The zero-order valence-corrected chi connectivity index (χ0v) is 12.8. The number of benzene rings is 1. The Labute approximate surface area is 128 Å². The van der Waals surface area contributed by atoms with Crippen LogP contribution < -0.4 is 0 Å². The van der Waals surface area contributed by atoms with Crippen LogP contribution in [0.3, 0.4) is 0 Å². The molecule has 5 nitrogen and oxygen atoms in total. The molecule has 0 spiro atoms. The molecule has 0 unspecified atom stereocenters. The van der Waals surface area contributed by atoms with E-state index in [0.29, 0.717) is 11.5 Å². The van der Waals surface area contributed by atoms with Crippen molar-refractivity contribution in [2.24, 2.45) is 0 Å². The number of amides is 1. The zero-order chi connectivity index (χ0) is 15.1. The maximum absolute atomic E-state index is 12.1. The number of likely N-dealkylation sites (tertiary alicyclic amines) is 1. The Bertz CT molecular complexity index is 482. The van der Waals surface area contributed by atoms with Gasteiger partial charge in [-0.3, -0.25) is 14.9 Å². The molecule has 1 saturated heterocycles. The maximum atomic E-state index is 12.1. The van der Waals surface area contributed by atoms with E-state index in [0.717, 1.165) is 31.5 Å². The Morgan fingerprint density at radius 3 is 2.33 bits per heavy atom. The van der Waals surface area contributed by atoms with Crippen molar-refractivity contribution >= 4 is 23.4 Å². The van der Waals surface area contributed by atoms with Crippen LogP contribution in [0.25, 0.3) is 0 Å². The summed E-state index contributed by atoms with van der Waals surface area (Å²) in [5.74, 6) is 1.40. The van der Waals surface area contributed by atoms with E-state index < -0.39 is 4.92 Å². The third-order valence-corrected chi connectivity index (χ3v) is 4.59. The largest absolute Gasteiger partial charge is 0.342 e. The quantitative estimate of drug-likeness (QED) is 0.619. The molecule has 1 aliphatic rings. The normalized spacial score (nSPS) is 15.5. The van der Waals surface area contributed by atoms with Crippen molar-refractivity contribution < 1.29 is 9.72 Å². The first-order valence-electron chi connectivity index (χ1n) is 7.25. The molecule has 6 heteroatoms. The monoisotopic (exact) mass is 308 g/mol. The van der Waals surface area contributed by atoms with Crippen molar-refractivity contribution in [3.8, 4) is 0 Å². The average Bonchev–Trinajstić information content (AvgIpc) is 2.77. The molecule has 0 saturated carbocycles. The van der Waals surface area contributed by atoms with Gasteiger partial charge in [-0.05, 0) is 18.4 Å². The maximum Gasteiger partial charge on any atom is 0.269 e. The molecule has 1 aromatic rings. The summed E-state index contributed by atoms with van der Waals surface area (Å²) in [5, 5.41) is 10.6. The number of nitro benzene ring substituents is 1. The first kappa shape index (κ1) is 15.8. The molecule has 0 radical (unpaired) electrons. The smallest absolute Gasteiger partial charge is 0.269 e. The number of hydrogen-bond acceptors (Lipinski definition) is 4. The van der Waals surface area contributed by atoms with Gasteiger partial charge in [0.15, 0.2) is 0 Å². The van der Waals surface area contributed by atoms with Crippen LogP contribution in [0.4, 0.5) is 5.69 Å². The minimum Gasteiger partial charge on any atom is -0.342 e. The molecule has 0 N–H and O–H groups in total. The van der Waals surface area contributed by atoms with E-state index >= 15 is 0 Å². The molecule has 1 aromatic carbocycles. The van der Waals surface area contributed by atoms with Crippen LogP contribution in [0.5, 0.6) is 0 Å². The molecule has 1 aliphatic heterocycles. The van der Waals surface area contributed by atoms with Crippen LogP contribution in [0.1, 0.15) is 31.2 Å². The van der Waals surface area contributed by atoms with E-state index in [2.05, 4.69) is 0 Å². The van der Waals surface area contributed by atoms with Gasteiger partial charge in [-0.1, -0.05) is 25.0 Å². The lowest BCUT2D eigenvalue weighted by atomic mass is 10.2. The highest BCUT2D eigenvalue weighted by atomic mass is 32.2. The van der Waals surface area contributed by atoms with Crippen LogP contribution in [0, 0.1) is 10.1 Å². The van der Waals surface area contributed by atoms with Gasteiger partial charge in [0.05, 0.1) is 10.7 Å². The third-order valence-electron chi connectivity index (χ3n) is 3.60. The Hall–Kier alpha value is -1.56. The van der Waals surface area contributed by atoms with Crippen molar-refractivity contribution in [3.63, 3.8) is 0 Å². The predicted molar refractivity (Wildman–Crippen MR) is 84.3 cm³/mol. The number of non-ortho nitro benzene ring substituents is 1. The van der Waals surface area contributed by atoms with Crippen LogP contribution in [-0.2, 0) is 10.5 Å². The second kappa shape index (κ2) is 8.02. The van der Waals surface area contributed by atoms with Gasteiger partial charge in [0.2, 0.25) is 5.91 Å². The van der Waals surface area contributed by atoms with Crippen LogP contribution in [-0.4, -0.2) is 34.6 Å². The van der Waals surface area contributed by atoms with Gasteiger partial charge in [-0.2, -0.15) is 0 Å². The van der Waals surface area contributed by atoms with Crippen LogP contribution >= 0.6 is 11.8 Å². The fraction of sp³-hybridized carbons (Fsp3) is 0.533. The van der Waals surface area contributed by atoms with Gasteiger partial charge in [0.25, 0.3) is 5.69 Å². The fourth-order valence-electron chi connectivity index (χ4n) is 2.38. The van der Waals surface area contributed by atoms with Gasteiger partial charge in [0.1, 0.15) is 0 Å². The van der Waals surface area contributed by atoms with Crippen molar-refractivity contribution in [2.45, 2.75) is 31.4 Å².